The molecule has 0 saturated heterocycles. The molecule has 1 aromatic rings. The minimum absolute atomic E-state index is 0.810. The van der Waals surface area contributed by atoms with E-state index in [4.69, 9.17) is 0 Å². The summed E-state index contributed by atoms with van der Waals surface area (Å²) in [6.45, 7) is 6.58. The molecule has 13 heavy (non-hydrogen) atoms. The van der Waals surface area contributed by atoms with Crippen molar-refractivity contribution in [2.45, 2.75) is 40.0 Å². The summed E-state index contributed by atoms with van der Waals surface area (Å²) in [6.07, 6.45) is 3.68. The molecule has 1 rings (SSSR count). The normalized spacial score (nSPS) is 10.8. The van der Waals surface area contributed by atoms with Crippen molar-refractivity contribution in [1.82, 2.24) is 4.98 Å². The van der Waals surface area contributed by atoms with Crippen LogP contribution in [0.5, 0.6) is 0 Å². The standard InChI is InChI=1S/C12H19N/c1-10(2)6-4-8-12-9-5-7-11(3)13-12/h5,7,9-10H,4,6,8H2,1-3H3. The van der Waals surface area contributed by atoms with Gasteiger partial charge in [0.15, 0.2) is 0 Å². The van der Waals surface area contributed by atoms with E-state index in [0.717, 1.165) is 18.0 Å². The van der Waals surface area contributed by atoms with Crippen molar-refractivity contribution >= 4 is 0 Å². The van der Waals surface area contributed by atoms with Gasteiger partial charge in [-0.3, -0.25) is 4.98 Å². The summed E-state index contributed by atoms with van der Waals surface area (Å²) in [7, 11) is 0. The highest BCUT2D eigenvalue weighted by Crippen LogP contribution is 2.08. The van der Waals surface area contributed by atoms with Gasteiger partial charge >= 0.3 is 0 Å². The largest absolute Gasteiger partial charge is 0.258 e. The molecule has 0 fully saturated rings. The Kier molecular flexibility index (Phi) is 3.94. The van der Waals surface area contributed by atoms with Gasteiger partial charge in [-0.15, -0.1) is 0 Å². The summed E-state index contributed by atoms with van der Waals surface area (Å²) >= 11 is 0. The molecule has 1 nitrogen and oxygen atoms in total. The van der Waals surface area contributed by atoms with Gasteiger partial charge in [-0.2, -0.15) is 0 Å². The van der Waals surface area contributed by atoms with E-state index in [2.05, 4.69) is 31.0 Å². The average molecular weight is 177 g/mol. The molecule has 0 N–H and O–H groups in total. The van der Waals surface area contributed by atoms with Gasteiger partial charge in [0.05, 0.1) is 0 Å². The Hall–Kier alpha value is -0.850. The van der Waals surface area contributed by atoms with Crippen LogP contribution in [-0.2, 0) is 6.42 Å². The molecule has 0 unspecified atom stereocenters. The van der Waals surface area contributed by atoms with Gasteiger partial charge in [0.2, 0.25) is 0 Å². The molecule has 1 aromatic heterocycles. The van der Waals surface area contributed by atoms with Crippen molar-refractivity contribution in [3.8, 4) is 0 Å². The van der Waals surface area contributed by atoms with E-state index in [-0.39, 0.29) is 0 Å². The van der Waals surface area contributed by atoms with Crippen LogP contribution in [0.2, 0.25) is 0 Å². The molecule has 0 radical (unpaired) electrons. The number of rotatable bonds is 4. The molecule has 1 heteroatoms. The molecule has 0 aliphatic heterocycles. The fraction of sp³-hybridized carbons (Fsp3) is 0.583. The van der Waals surface area contributed by atoms with Crippen LogP contribution < -0.4 is 0 Å². The molecule has 0 aliphatic rings. The lowest BCUT2D eigenvalue weighted by atomic mass is 10.1. The predicted octanol–water partition coefficient (Wildman–Crippen LogP) is 3.37. The molecule has 0 atom stereocenters. The minimum Gasteiger partial charge on any atom is -0.258 e. The molecule has 72 valence electrons. The predicted molar refractivity (Wildman–Crippen MR) is 56.8 cm³/mol. The first-order chi connectivity index (χ1) is 6.18. The lowest BCUT2D eigenvalue weighted by Gasteiger charge is -2.04. The quantitative estimate of drug-likeness (QED) is 0.687. The van der Waals surface area contributed by atoms with Crippen LogP contribution in [-0.4, -0.2) is 4.98 Å². The molecular formula is C12H19N. The van der Waals surface area contributed by atoms with E-state index in [9.17, 15) is 0 Å². The Morgan fingerprint density at radius 2 is 2.08 bits per heavy atom. The second-order valence-corrected chi connectivity index (χ2v) is 4.06. The number of pyridine rings is 1. The van der Waals surface area contributed by atoms with E-state index < -0.39 is 0 Å². The molecule has 0 amide bonds. The second-order valence-electron chi connectivity index (χ2n) is 4.06. The Labute approximate surface area is 81.2 Å². The molecular weight excluding hydrogens is 158 g/mol. The Morgan fingerprint density at radius 1 is 1.31 bits per heavy atom. The van der Waals surface area contributed by atoms with Crippen molar-refractivity contribution in [3.63, 3.8) is 0 Å². The molecule has 0 spiro atoms. The zero-order chi connectivity index (χ0) is 9.68. The van der Waals surface area contributed by atoms with Crippen LogP contribution in [0.1, 0.15) is 38.1 Å². The van der Waals surface area contributed by atoms with Gasteiger partial charge in [-0.25, -0.2) is 0 Å². The topological polar surface area (TPSA) is 12.9 Å². The van der Waals surface area contributed by atoms with E-state index in [1.807, 2.05) is 13.0 Å². The third-order valence-electron chi connectivity index (χ3n) is 2.16. The number of hydrogen-bond donors (Lipinski definition) is 0. The molecule has 0 aliphatic carbocycles. The number of aryl methyl sites for hydroxylation is 2. The molecule has 1 heterocycles. The van der Waals surface area contributed by atoms with Gasteiger partial charge < -0.3 is 0 Å². The van der Waals surface area contributed by atoms with E-state index in [1.165, 1.54) is 18.5 Å². The molecule has 0 saturated carbocycles. The van der Waals surface area contributed by atoms with Crippen molar-refractivity contribution < 1.29 is 0 Å². The summed E-state index contributed by atoms with van der Waals surface area (Å²) in [5.41, 5.74) is 2.36. The van der Waals surface area contributed by atoms with E-state index >= 15 is 0 Å². The first-order valence-corrected chi connectivity index (χ1v) is 5.11. The van der Waals surface area contributed by atoms with Crippen LogP contribution in [0.4, 0.5) is 0 Å². The highest BCUT2D eigenvalue weighted by Gasteiger charge is 1.97. The Bertz CT molecular complexity index is 253. The second kappa shape index (κ2) is 5.00. The Balaban J connectivity index is 2.37. The summed E-state index contributed by atoms with van der Waals surface area (Å²) < 4.78 is 0. The monoisotopic (exact) mass is 177 g/mol. The van der Waals surface area contributed by atoms with Crippen molar-refractivity contribution in [2.24, 2.45) is 5.92 Å². The molecule has 0 bridgehead atoms. The number of nitrogens with zero attached hydrogens (tertiary/aromatic N) is 1. The van der Waals surface area contributed by atoms with Gasteiger partial charge in [0, 0.05) is 11.4 Å². The lowest BCUT2D eigenvalue weighted by molar-refractivity contribution is 0.553. The maximum absolute atomic E-state index is 4.47. The third kappa shape index (κ3) is 4.07. The fourth-order valence-electron chi connectivity index (χ4n) is 1.43. The van der Waals surface area contributed by atoms with Gasteiger partial charge in [0.25, 0.3) is 0 Å². The minimum atomic E-state index is 0.810. The smallest absolute Gasteiger partial charge is 0.0406 e. The summed E-state index contributed by atoms with van der Waals surface area (Å²) in [6, 6.07) is 6.26. The lowest BCUT2D eigenvalue weighted by Crippen LogP contribution is -1.94. The van der Waals surface area contributed by atoms with Crippen LogP contribution >= 0.6 is 0 Å². The van der Waals surface area contributed by atoms with Crippen molar-refractivity contribution in [1.29, 1.82) is 0 Å². The number of hydrogen-bond acceptors (Lipinski definition) is 1. The van der Waals surface area contributed by atoms with E-state index in [1.54, 1.807) is 0 Å². The van der Waals surface area contributed by atoms with Crippen LogP contribution in [0.25, 0.3) is 0 Å². The van der Waals surface area contributed by atoms with Crippen LogP contribution in [0, 0.1) is 12.8 Å². The zero-order valence-corrected chi connectivity index (χ0v) is 8.88. The van der Waals surface area contributed by atoms with E-state index in [0.29, 0.717) is 0 Å². The maximum Gasteiger partial charge on any atom is 0.0406 e. The van der Waals surface area contributed by atoms with Crippen molar-refractivity contribution in [3.05, 3.63) is 29.6 Å². The first-order valence-electron chi connectivity index (χ1n) is 5.11. The molecule has 0 aromatic carbocycles. The maximum atomic E-state index is 4.47. The van der Waals surface area contributed by atoms with Crippen molar-refractivity contribution in [2.75, 3.05) is 0 Å². The van der Waals surface area contributed by atoms with Gasteiger partial charge in [-0.1, -0.05) is 26.3 Å². The van der Waals surface area contributed by atoms with Crippen LogP contribution in [0.3, 0.4) is 0 Å². The zero-order valence-electron chi connectivity index (χ0n) is 8.88. The van der Waals surface area contributed by atoms with Gasteiger partial charge in [-0.05, 0) is 37.8 Å². The van der Waals surface area contributed by atoms with Crippen LogP contribution in [0.15, 0.2) is 18.2 Å². The van der Waals surface area contributed by atoms with Gasteiger partial charge in [0.1, 0.15) is 0 Å². The third-order valence-corrected chi connectivity index (χ3v) is 2.16. The highest BCUT2D eigenvalue weighted by molar-refractivity contribution is 5.09. The summed E-state index contributed by atoms with van der Waals surface area (Å²) in [4.78, 5) is 4.47. The first kappa shape index (κ1) is 10.2. The summed E-state index contributed by atoms with van der Waals surface area (Å²) in [5.74, 6) is 0.810. The fourth-order valence-corrected chi connectivity index (χ4v) is 1.43. The SMILES string of the molecule is Cc1cccc(CCCC(C)C)n1. The average Bonchev–Trinajstić information content (AvgIpc) is 2.03. The highest BCUT2D eigenvalue weighted by atomic mass is 14.7. The number of aromatic nitrogens is 1. The Morgan fingerprint density at radius 3 is 2.69 bits per heavy atom. The summed E-state index contributed by atoms with van der Waals surface area (Å²) in [5, 5.41) is 0.